The fourth-order valence-electron chi connectivity index (χ4n) is 4.15. The maximum Gasteiger partial charge on any atom is 0.184 e. The van der Waals surface area contributed by atoms with E-state index in [0.29, 0.717) is 0 Å². The third-order valence-electron chi connectivity index (χ3n) is 5.42. The summed E-state index contributed by atoms with van der Waals surface area (Å²) >= 11 is 17.0. The van der Waals surface area contributed by atoms with Gasteiger partial charge in [0.05, 0.1) is 11.2 Å². The summed E-state index contributed by atoms with van der Waals surface area (Å²) < 4.78 is 5.16. The number of benzene rings is 2. The van der Waals surface area contributed by atoms with E-state index in [9.17, 15) is 0 Å². The zero-order chi connectivity index (χ0) is 17.8. The number of rotatable bonds is 3. The monoisotopic (exact) mass is 456 g/mol. The van der Waals surface area contributed by atoms with Gasteiger partial charge >= 0.3 is 0 Å². The summed E-state index contributed by atoms with van der Waals surface area (Å²) in [5.74, 6) is -1.87. The van der Waals surface area contributed by atoms with Crippen molar-refractivity contribution in [3.63, 3.8) is 0 Å². The van der Waals surface area contributed by atoms with Gasteiger partial charge in [-0.15, -0.1) is 0 Å². The minimum Gasteiger partial charge on any atom is -0.521 e. The van der Waals surface area contributed by atoms with E-state index in [4.69, 9.17) is 24.5 Å². The average molecular weight is 457 g/mol. The number of hydrogen-bond acceptors (Lipinski definition) is 6. The van der Waals surface area contributed by atoms with Crippen LogP contribution in [0, 0.1) is 0 Å². The second-order valence-corrected chi connectivity index (χ2v) is 24.9. The van der Waals surface area contributed by atoms with E-state index in [-0.39, 0.29) is 0 Å². The van der Waals surface area contributed by atoms with Crippen LogP contribution in [0.3, 0.4) is 0 Å². The summed E-state index contributed by atoms with van der Waals surface area (Å²) in [4.78, 5) is -1.85. The summed E-state index contributed by atoms with van der Waals surface area (Å²) in [5.41, 5.74) is 0. The molecule has 0 aromatic heterocycles. The van der Waals surface area contributed by atoms with Crippen LogP contribution in [0.4, 0.5) is 0 Å². The van der Waals surface area contributed by atoms with Gasteiger partial charge < -0.3 is 24.5 Å². The molecule has 0 bridgehead atoms. The van der Waals surface area contributed by atoms with E-state index in [1.54, 1.807) is 0 Å². The highest BCUT2D eigenvalue weighted by atomic mass is 33.5. The van der Waals surface area contributed by atoms with E-state index < -0.39 is 10.7 Å². The van der Waals surface area contributed by atoms with Crippen LogP contribution < -0.4 is 10.6 Å². The molecule has 138 valence electrons. The molecule has 5 rings (SSSR count). The van der Waals surface area contributed by atoms with Gasteiger partial charge in [-0.2, -0.15) is 4.67 Å². The first-order valence-electron chi connectivity index (χ1n) is 9.25. The summed E-state index contributed by atoms with van der Waals surface area (Å²) in [5, 5.41) is 5.54. The van der Waals surface area contributed by atoms with Crippen LogP contribution in [-0.2, 0) is 24.5 Å². The minimum atomic E-state index is -1.87. The van der Waals surface area contributed by atoms with Crippen LogP contribution in [0.15, 0.2) is 36.4 Å². The van der Waals surface area contributed by atoms with Crippen molar-refractivity contribution in [2.24, 2.45) is 0 Å². The SMILES string of the molecule is [S-][P+]1(SN2CCCC2)S[P+]([S-])(N2CCCC2)c2cccc3cccc1c23. The second kappa shape index (κ2) is 7.29. The molecule has 2 saturated heterocycles. The van der Waals surface area contributed by atoms with Gasteiger partial charge in [0.15, 0.2) is 11.0 Å². The summed E-state index contributed by atoms with van der Waals surface area (Å²) in [6.45, 7) is 4.64. The lowest BCUT2D eigenvalue weighted by Crippen LogP contribution is -2.31. The Morgan fingerprint density at radius 2 is 1.46 bits per heavy atom. The van der Waals surface area contributed by atoms with Crippen molar-refractivity contribution in [1.82, 2.24) is 8.98 Å². The highest BCUT2D eigenvalue weighted by molar-refractivity contribution is 9.28. The van der Waals surface area contributed by atoms with Crippen LogP contribution in [0.25, 0.3) is 10.8 Å². The van der Waals surface area contributed by atoms with E-state index in [2.05, 4.69) is 45.4 Å². The smallest absolute Gasteiger partial charge is 0.184 e. The van der Waals surface area contributed by atoms with Crippen molar-refractivity contribution < 1.29 is 0 Å². The Kier molecular flexibility index (Phi) is 5.29. The lowest BCUT2D eigenvalue weighted by atomic mass is 10.1. The molecule has 2 fully saturated rings. The van der Waals surface area contributed by atoms with E-state index >= 15 is 0 Å². The largest absolute Gasteiger partial charge is 0.521 e. The lowest BCUT2D eigenvalue weighted by molar-refractivity contribution is 0.576. The molecule has 3 aliphatic heterocycles. The molecule has 2 unspecified atom stereocenters. The van der Waals surface area contributed by atoms with Crippen LogP contribution in [0.5, 0.6) is 0 Å². The molecule has 0 spiro atoms. The third-order valence-corrected chi connectivity index (χ3v) is 27.3. The molecular formula is C18H22N2P2S4. The average Bonchev–Trinajstić information content (AvgIpc) is 3.33. The van der Waals surface area contributed by atoms with Crippen molar-refractivity contribution >= 4 is 79.1 Å². The Morgan fingerprint density at radius 3 is 2.15 bits per heavy atom. The molecule has 26 heavy (non-hydrogen) atoms. The fraction of sp³-hybridized carbons (Fsp3) is 0.444. The Hall–Kier alpha value is 0.880. The number of hydrogen-bond donors (Lipinski definition) is 0. The quantitative estimate of drug-likeness (QED) is 0.349. The third kappa shape index (κ3) is 3.08. The molecule has 8 heteroatoms. The van der Waals surface area contributed by atoms with Crippen molar-refractivity contribution in [2.45, 2.75) is 25.7 Å². The van der Waals surface area contributed by atoms with Gasteiger partial charge in [-0.05, 0) is 43.2 Å². The molecule has 0 radical (unpaired) electrons. The first-order chi connectivity index (χ1) is 12.6. The van der Waals surface area contributed by atoms with Crippen molar-refractivity contribution in [3.8, 4) is 0 Å². The van der Waals surface area contributed by atoms with E-state index in [0.717, 1.165) is 13.1 Å². The Balaban J connectivity index is 1.69. The van der Waals surface area contributed by atoms with Gasteiger partial charge in [-0.1, -0.05) is 24.3 Å². The van der Waals surface area contributed by atoms with Crippen molar-refractivity contribution in [1.29, 1.82) is 0 Å². The van der Waals surface area contributed by atoms with Crippen molar-refractivity contribution in [3.05, 3.63) is 36.4 Å². The van der Waals surface area contributed by atoms with Crippen LogP contribution >= 0.6 is 33.3 Å². The molecule has 2 atom stereocenters. The van der Waals surface area contributed by atoms with Gasteiger partial charge in [-0.25, -0.2) is 4.31 Å². The first-order valence-corrected chi connectivity index (χ1v) is 18.2. The zero-order valence-electron chi connectivity index (χ0n) is 14.5. The highest BCUT2D eigenvalue weighted by Crippen LogP contribution is 2.94. The molecule has 2 aromatic carbocycles. The predicted molar refractivity (Wildman–Crippen MR) is 129 cm³/mol. The van der Waals surface area contributed by atoms with Crippen LogP contribution in [-0.4, -0.2) is 35.2 Å². The molecule has 3 heterocycles. The Bertz CT molecular complexity index is 836. The summed E-state index contributed by atoms with van der Waals surface area (Å²) in [7, 11) is 0. The maximum atomic E-state index is 6.52. The van der Waals surface area contributed by atoms with Gasteiger partial charge in [-0.3, -0.25) is 0 Å². The second-order valence-electron chi connectivity index (χ2n) is 7.13. The molecule has 2 nitrogen and oxygen atoms in total. The van der Waals surface area contributed by atoms with Gasteiger partial charge in [0.25, 0.3) is 0 Å². The fourth-order valence-corrected chi connectivity index (χ4v) is 33.2. The summed E-state index contributed by atoms with van der Waals surface area (Å²) in [6, 6.07) is 13.5. The van der Waals surface area contributed by atoms with Crippen LogP contribution in [0.2, 0.25) is 0 Å². The number of nitrogens with zero attached hydrogens (tertiary/aromatic N) is 2. The van der Waals surface area contributed by atoms with Gasteiger partial charge in [0.2, 0.25) is 0 Å². The zero-order valence-corrected chi connectivity index (χ0v) is 19.6. The van der Waals surface area contributed by atoms with E-state index in [1.165, 1.54) is 60.2 Å². The molecular weight excluding hydrogens is 434 g/mol. The molecule has 0 saturated carbocycles. The Morgan fingerprint density at radius 1 is 0.846 bits per heavy atom. The molecule has 0 aliphatic carbocycles. The minimum absolute atomic E-state index is 1.15. The first kappa shape index (κ1) is 18.9. The molecule has 0 amide bonds. The standard InChI is InChI=1S/C18H22N2P2S4/c23-21(19-11-1-2-12-19)16-9-5-7-15-8-6-10-17(18(15)16)22(24,26-21)25-20-13-3-4-14-20/h5-10H,1-4,11-14H2. The Labute approximate surface area is 175 Å². The van der Waals surface area contributed by atoms with Gasteiger partial charge in [0.1, 0.15) is 27.0 Å². The summed E-state index contributed by atoms with van der Waals surface area (Å²) in [6.07, 6.45) is 5.15. The predicted octanol–water partition coefficient (Wildman–Crippen LogP) is 5.30. The molecule has 2 aromatic rings. The lowest BCUT2D eigenvalue weighted by Gasteiger charge is -2.45. The topological polar surface area (TPSA) is 6.48 Å². The van der Waals surface area contributed by atoms with Crippen molar-refractivity contribution in [2.75, 3.05) is 26.2 Å². The maximum absolute atomic E-state index is 6.52. The van der Waals surface area contributed by atoms with Gasteiger partial charge in [0, 0.05) is 26.2 Å². The van der Waals surface area contributed by atoms with Crippen LogP contribution in [0.1, 0.15) is 25.7 Å². The van der Waals surface area contributed by atoms with E-state index in [1.807, 2.05) is 22.6 Å². The molecule has 3 aliphatic rings. The molecule has 0 N–H and O–H groups in total. The highest BCUT2D eigenvalue weighted by Gasteiger charge is 2.55. The normalized spacial score (nSPS) is 32.5.